The normalized spacial score (nSPS) is 30.0. The van der Waals surface area contributed by atoms with Gasteiger partial charge in [-0.05, 0) is 25.1 Å². The van der Waals surface area contributed by atoms with E-state index in [0.717, 1.165) is 0 Å². The minimum Gasteiger partial charge on any atom is -0.504 e. The van der Waals surface area contributed by atoms with Gasteiger partial charge in [0.1, 0.15) is 24.4 Å². The third-order valence-corrected chi connectivity index (χ3v) is 3.56. The molecular formula is C15H20O9. The van der Waals surface area contributed by atoms with Crippen molar-refractivity contribution in [2.24, 2.45) is 0 Å². The van der Waals surface area contributed by atoms with E-state index in [2.05, 4.69) is 0 Å². The van der Waals surface area contributed by atoms with Crippen LogP contribution < -0.4 is 4.74 Å². The summed E-state index contributed by atoms with van der Waals surface area (Å²) in [5.74, 6) is -1.15. The Labute approximate surface area is 137 Å². The molecule has 1 fully saturated rings. The van der Waals surface area contributed by atoms with Gasteiger partial charge in [-0.2, -0.15) is 0 Å². The Morgan fingerprint density at radius 2 is 1.92 bits per heavy atom. The van der Waals surface area contributed by atoms with Crippen LogP contribution in [-0.2, 0) is 9.47 Å². The number of rotatable bonds is 5. The summed E-state index contributed by atoms with van der Waals surface area (Å²) in [6, 6.07) is 3.72. The molecule has 0 radical (unpaired) electrons. The maximum atomic E-state index is 11.7. The zero-order valence-corrected chi connectivity index (χ0v) is 12.9. The molecule has 5 atom stereocenters. The SMILES string of the molecule is CCOC(=O)c1ccc(O)c(O[C@H]2O[C@H](CO)[C@@H](O)[C@H](O)[C@H]2O)c1. The maximum absolute atomic E-state index is 11.7. The Morgan fingerprint density at radius 1 is 1.21 bits per heavy atom. The molecule has 1 saturated heterocycles. The first-order valence-electron chi connectivity index (χ1n) is 7.36. The topological polar surface area (TPSA) is 146 Å². The van der Waals surface area contributed by atoms with E-state index in [-0.39, 0.29) is 23.7 Å². The zero-order valence-electron chi connectivity index (χ0n) is 12.9. The Morgan fingerprint density at radius 3 is 2.54 bits per heavy atom. The van der Waals surface area contributed by atoms with E-state index < -0.39 is 43.3 Å². The quantitative estimate of drug-likeness (QED) is 0.413. The molecule has 1 heterocycles. The Hall–Kier alpha value is -1.91. The van der Waals surface area contributed by atoms with Crippen molar-refractivity contribution in [1.29, 1.82) is 0 Å². The van der Waals surface area contributed by atoms with Gasteiger partial charge in [-0.3, -0.25) is 0 Å². The summed E-state index contributed by atoms with van der Waals surface area (Å²) in [7, 11) is 0. The van der Waals surface area contributed by atoms with Crippen LogP contribution in [0.2, 0.25) is 0 Å². The lowest BCUT2D eigenvalue weighted by Crippen LogP contribution is -2.60. The van der Waals surface area contributed by atoms with Crippen LogP contribution in [0.25, 0.3) is 0 Å². The minimum atomic E-state index is -1.63. The van der Waals surface area contributed by atoms with Gasteiger partial charge in [-0.1, -0.05) is 0 Å². The highest BCUT2D eigenvalue weighted by molar-refractivity contribution is 5.90. The summed E-state index contributed by atoms with van der Waals surface area (Å²) < 4.78 is 15.3. The number of carbonyl (C=O) groups is 1. The van der Waals surface area contributed by atoms with Gasteiger partial charge >= 0.3 is 5.97 Å². The Kier molecular flexibility index (Phi) is 5.97. The van der Waals surface area contributed by atoms with Gasteiger partial charge in [-0.15, -0.1) is 0 Å². The molecule has 0 spiro atoms. The number of phenolic OH excluding ortho intramolecular Hbond substituents is 1. The van der Waals surface area contributed by atoms with Crippen molar-refractivity contribution in [2.45, 2.75) is 37.6 Å². The van der Waals surface area contributed by atoms with Crippen LogP contribution >= 0.6 is 0 Å². The van der Waals surface area contributed by atoms with Gasteiger partial charge < -0.3 is 39.7 Å². The summed E-state index contributed by atoms with van der Waals surface area (Å²) in [5, 5.41) is 48.3. The lowest BCUT2D eigenvalue weighted by molar-refractivity contribution is -0.277. The summed E-state index contributed by atoms with van der Waals surface area (Å²) in [5.41, 5.74) is 0.106. The monoisotopic (exact) mass is 344 g/mol. The van der Waals surface area contributed by atoms with Crippen molar-refractivity contribution >= 4 is 5.97 Å². The van der Waals surface area contributed by atoms with Gasteiger partial charge in [0, 0.05) is 0 Å². The molecule has 24 heavy (non-hydrogen) atoms. The molecule has 1 aromatic rings. The molecule has 0 aliphatic carbocycles. The largest absolute Gasteiger partial charge is 0.504 e. The van der Waals surface area contributed by atoms with Crippen LogP contribution in [0, 0.1) is 0 Å². The van der Waals surface area contributed by atoms with Crippen LogP contribution in [0.15, 0.2) is 18.2 Å². The number of aliphatic hydroxyl groups excluding tert-OH is 4. The van der Waals surface area contributed by atoms with Crippen LogP contribution in [0.1, 0.15) is 17.3 Å². The van der Waals surface area contributed by atoms with Gasteiger partial charge in [0.2, 0.25) is 6.29 Å². The molecular weight excluding hydrogens is 324 g/mol. The van der Waals surface area contributed by atoms with Gasteiger partial charge in [0.05, 0.1) is 18.8 Å². The van der Waals surface area contributed by atoms with E-state index in [1.807, 2.05) is 0 Å². The predicted molar refractivity (Wildman–Crippen MR) is 78.5 cm³/mol. The molecule has 1 aromatic carbocycles. The van der Waals surface area contributed by atoms with E-state index in [4.69, 9.17) is 19.3 Å². The molecule has 0 amide bonds. The number of aromatic hydroxyl groups is 1. The van der Waals surface area contributed by atoms with Gasteiger partial charge in [-0.25, -0.2) is 4.79 Å². The van der Waals surface area contributed by atoms with Crippen molar-refractivity contribution in [2.75, 3.05) is 13.2 Å². The molecule has 1 aliphatic heterocycles. The number of phenols is 1. The fourth-order valence-corrected chi connectivity index (χ4v) is 2.24. The lowest BCUT2D eigenvalue weighted by atomic mass is 9.99. The third-order valence-electron chi connectivity index (χ3n) is 3.56. The number of carbonyl (C=O) groups excluding carboxylic acids is 1. The minimum absolute atomic E-state index is 0.106. The molecule has 0 aromatic heterocycles. The van der Waals surface area contributed by atoms with E-state index in [1.54, 1.807) is 6.92 Å². The fourth-order valence-electron chi connectivity index (χ4n) is 2.24. The summed E-state index contributed by atoms with van der Waals surface area (Å²) >= 11 is 0. The average molecular weight is 344 g/mol. The smallest absolute Gasteiger partial charge is 0.338 e. The predicted octanol–water partition coefficient (Wildman–Crippen LogP) is -1.25. The standard InChI is InChI=1S/C15H20O9/c1-2-22-14(21)7-3-4-8(17)9(5-7)23-15-13(20)12(19)11(18)10(6-16)24-15/h3-5,10-13,15-20H,2,6H2,1H3/t10-,11-,12+,13-,15+/m1/s1. The van der Waals surface area contributed by atoms with Crippen molar-refractivity contribution in [3.63, 3.8) is 0 Å². The highest BCUT2D eigenvalue weighted by atomic mass is 16.7. The molecule has 134 valence electrons. The highest BCUT2D eigenvalue weighted by Crippen LogP contribution is 2.31. The highest BCUT2D eigenvalue weighted by Gasteiger charge is 2.44. The van der Waals surface area contributed by atoms with Crippen molar-refractivity contribution < 1.29 is 44.5 Å². The van der Waals surface area contributed by atoms with Crippen molar-refractivity contribution in [3.05, 3.63) is 23.8 Å². The van der Waals surface area contributed by atoms with Gasteiger partial charge in [0.25, 0.3) is 0 Å². The molecule has 0 bridgehead atoms. The second-order valence-corrected chi connectivity index (χ2v) is 5.22. The Balaban J connectivity index is 2.20. The molecule has 9 nitrogen and oxygen atoms in total. The van der Waals surface area contributed by atoms with Gasteiger partial charge in [0.15, 0.2) is 11.5 Å². The van der Waals surface area contributed by atoms with Crippen LogP contribution in [-0.4, -0.2) is 75.4 Å². The number of aliphatic hydroxyl groups is 4. The maximum Gasteiger partial charge on any atom is 0.338 e. The lowest BCUT2D eigenvalue weighted by Gasteiger charge is -2.39. The molecule has 0 unspecified atom stereocenters. The van der Waals surface area contributed by atoms with Crippen LogP contribution in [0.5, 0.6) is 11.5 Å². The van der Waals surface area contributed by atoms with Crippen LogP contribution in [0.4, 0.5) is 0 Å². The van der Waals surface area contributed by atoms with Crippen LogP contribution in [0.3, 0.4) is 0 Å². The number of hydrogen-bond acceptors (Lipinski definition) is 9. The summed E-state index contributed by atoms with van der Waals surface area (Å²) in [6.45, 7) is 1.20. The number of hydrogen-bond donors (Lipinski definition) is 5. The van der Waals surface area contributed by atoms with E-state index >= 15 is 0 Å². The van der Waals surface area contributed by atoms with E-state index in [9.17, 15) is 25.2 Å². The number of esters is 1. The third kappa shape index (κ3) is 3.77. The first-order valence-corrected chi connectivity index (χ1v) is 7.36. The summed E-state index contributed by atoms with van der Waals surface area (Å²) in [6.07, 6.45) is -7.39. The number of ether oxygens (including phenoxy) is 3. The second kappa shape index (κ2) is 7.77. The number of benzene rings is 1. The van der Waals surface area contributed by atoms with Crippen molar-refractivity contribution in [1.82, 2.24) is 0 Å². The van der Waals surface area contributed by atoms with Crippen molar-refractivity contribution in [3.8, 4) is 11.5 Å². The van der Waals surface area contributed by atoms with E-state index in [0.29, 0.717) is 0 Å². The molecule has 1 aliphatic rings. The second-order valence-electron chi connectivity index (χ2n) is 5.22. The zero-order chi connectivity index (χ0) is 17.9. The average Bonchev–Trinajstić information content (AvgIpc) is 2.57. The van der Waals surface area contributed by atoms with E-state index in [1.165, 1.54) is 18.2 Å². The molecule has 9 heteroatoms. The molecule has 2 rings (SSSR count). The Bertz CT molecular complexity index is 574. The first-order chi connectivity index (χ1) is 11.4. The summed E-state index contributed by atoms with van der Waals surface area (Å²) in [4.78, 5) is 11.7. The first kappa shape index (κ1) is 18.4. The molecule has 5 N–H and O–H groups in total. The fraction of sp³-hybridized carbons (Fsp3) is 0.533. The molecule has 0 saturated carbocycles.